The van der Waals surface area contributed by atoms with Crippen LogP contribution in [0.5, 0.6) is 0 Å². The summed E-state index contributed by atoms with van der Waals surface area (Å²) >= 11 is 1.01. The Hall–Kier alpha value is -2.68. The highest BCUT2D eigenvalue weighted by Crippen LogP contribution is 2.33. The molecule has 0 saturated carbocycles. The van der Waals surface area contributed by atoms with Crippen molar-refractivity contribution in [3.05, 3.63) is 40.4 Å². The van der Waals surface area contributed by atoms with E-state index < -0.39 is 23.7 Å². The van der Waals surface area contributed by atoms with Crippen molar-refractivity contribution in [2.24, 2.45) is 5.92 Å². The first-order valence-corrected chi connectivity index (χ1v) is 7.86. The fourth-order valence-electron chi connectivity index (χ4n) is 2.45. The second-order valence-corrected chi connectivity index (χ2v) is 6.10. The predicted molar refractivity (Wildman–Crippen MR) is 82.8 cm³/mol. The predicted octanol–water partition coefficient (Wildman–Crippen LogP) is 2.48. The molecule has 7 nitrogen and oxygen atoms in total. The maximum Gasteiger partial charge on any atom is 0.413 e. The van der Waals surface area contributed by atoms with E-state index in [0.29, 0.717) is 23.4 Å². The lowest BCUT2D eigenvalue weighted by Gasteiger charge is -2.18. The number of amides is 1. The number of hydrogen-bond donors (Lipinski definition) is 1. The number of Topliss-reactive ketones (excluding diaryl/α,β-unsaturated/α-hetero) is 2. The molecule has 124 valence electrons. The van der Waals surface area contributed by atoms with Crippen LogP contribution < -0.4 is 5.32 Å². The standard InChI is InChI=1S/C15H12FN3O4S/c1-23-15(22)19-14-18-9-4-3-8(12(21)13(9)24-14)11(20)7-2-5-10(16)17-6-7/h2,5-6,8H,3-4H2,1H3,(H,18,19,22). The van der Waals surface area contributed by atoms with Crippen molar-refractivity contribution >= 4 is 34.1 Å². The number of nitrogens with one attached hydrogen (secondary N) is 1. The molecule has 0 fully saturated rings. The first-order valence-electron chi connectivity index (χ1n) is 7.04. The molecular weight excluding hydrogens is 337 g/mol. The Morgan fingerprint density at radius 2 is 2.21 bits per heavy atom. The van der Waals surface area contributed by atoms with Crippen molar-refractivity contribution in [1.82, 2.24) is 9.97 Å². The van der Waals surface area contributed by atoms with Gasteiger partial charge in [0.25, 0.3) is 0 Å². The molecule has 1 unspecified atom stereocenters. The van der Waals surface area contributed by atoms with Gasteiger partial charge >= 0.3 is 6.09 Å². The van der Waals surface area contributed by atoms with Crippen molar-refractivity contribution in [2.75, 3.05) is 12.4 Å². The Morgan fingerprint density at radius 3 is 2.88 bits per heavy atom. The molecule has 1 amide bonds. The topological polar surface area (TPSA) is 98.2 Å². The SMILES string of the molecule is COC(=O)Nc1nc2c(s1)C(=O)C(C(=O)c1ccc(F)nc1)CC2. The molecule has 0 bridgehead atoms. The van der Waals surface area contributed by atoms with Gasteiger partial charge in [-0.05, 0) is 25.0 Å². The van der Waals surface area contributed by atoms with E-state index in [2.05, 4.69) is 20.0 Å². The van der Waals surface area contributed by atoms with Crippen LogP contribution in [0.15, 0.2) is 18.3 Å². The van der Waals surface area contributed by atoms with E-state index in [1.54, 1.807) is 0 Å². The van der Waals surface area contributed by atoms with E-state index >= 15 is 0 Å². The summed E-state index contributed by atoms with van der Waals surface area (Å²) in [4.78, 5) is 44.2. The highest BCUT2D eigenvalue weighted by atomic mass is 32.1. The number of hydrogen-bond acceptors (Lipinski definition) is 7. The number of thiazole rings is 1. The summed E-state index contributed by atoms with van der Waals surface area (Å²) in [7, 11) is 1.22. The molecule has 1 N–H and O–H groups in total. The van der Waals surface area contributed by atoms with Gasteiger partial charge in [-0.25, -0.2) is 14.8 Å². The Bertz CT molecular complexity index is 819. The van der Waals surface area contributed by atoms with Gasteiger partial charge in [0.1, 0.15) is 0 Å². The largest absolute Gasteiger partial charge is 0.453 e. The maximum absolute atomic E-state index is 12.9. The number of halogens is 1. The van der Waals surface area contributed by atoms with E-state index in [0.717, 1.165) is 23.6 Å². The third kappa shape index (κ3) is 3.02. The Kier molecular flexibility index (Phi) is 4.34. The fourth-order valence-corrected chi connectivity index (χ4v) is 3.44. The molecule has 0 saturated heterocycles. The molecule has 1 aliphatic rings. The van der Waals surface area contributed by atoms with Crippen LogP contribution in [0.2, 0.25) is 0 Å². The van der Waals surface area contributed by atoms with E-state index in [9.17, 15) is 18.8 Å². The maximum atomic E-state index is 12.9. The Morgan fingerprint density at radius 1 is 1.42 bits per heavy atom. The first kappa shape index (κ1) is 16.2. The van der Waals surface area contributed by atoms with E-state index in [1.165, 1.54) is 13.2 Å². The quantitative estimate of drug-likeness (QED) is 0.519. The summed E-state index contributed by atoms with van der Waals surface area (Å²) in [6.45, 7) is 0. The zero-order chi connectivity index (χ0) is 17.3. The third-order valence-electron chi connectivity index (χ3n) is 3.63. The molecule has 24 heavy (non-hydrogen) atoms. The Labute approximate surface area is 139 Å². The van der Waals surface area contributed by atoms with Crippen LogP contribution in [0.4, 0.5) is 14.3 Å². The molecule has 9 heteroatoms. The number of methoxy groups -OCH3 is 1. The second-order valence-electron chi connectivity index (χ2n) is 5.10. The molecule has 2 heterocycles. The third-order valence-corrected chi connectivity index (χ3v) is 4.66. The smallest absolute Gasteiger partial charge is 0.413 e. The number of aryl methyl sites for hydroxylation is 1. The lowest BCUT2D eigenvalue weighted by atomic mass is 9.84. The van der Waals surface area contributed by atoms with Crippen LogP contribution >= 0.6 is 11.3 Å². The first-order chi connectivity index (χ1) is 11.5. The fraction of sp³-hybridized carbons (Fsp3) is 0.267. The van der Waals surface area contributed by atoms with Gasteiger partial charge in [-0.2, -0.15) is 4.39 Å². The minimum absolute atomic E-state index is 0.190. The normalized spacial score (nSPS) is 16.4. The minimum atomic E-state index is -0.851. The van der Waals surface area contributed by atoms with Gasteiger partial charge < -0.3 is 4.74 Å². The number of aromatic nitrogens is 2. The lowest BCUT2D eigenvalue weighted by molar-refractivity contribution is 0.0792. The lowest BCUT2D eigenvalue weighted by Crippen LogP contribution is -2.29. The van der Waals surface area contributed by atoms with Gasteiger partial charge in [0.15, 0.2) is 16.7 Å². The zero-order valence-corrected chi connectivity index (χ0v) is 13.4. The summed E-state index contributed by atoms with van der Waals surface area (Å²) in [5.41, 5.74) is 0.744. The molecular formula is C15H12FN3O4S. The highest BCUT2D eigenvalue weighted by Gasteiger charge is 2.36. The number of ether oxygens (including phenoxy) is 1. The van der Waals surface area contributed by atoms with Gasteiger partial charge in [0.05, 0.1) is 23.6 Å². The van der Waals surface area contributed by atoms with Gasteiger partial charge in [-0.3, -0.25) is 14.9 Å². The number of rotatable bonds is 3. The number of carbonyl (C=O) groups excluding carboxylic acids is 3. The van der Waals surface area contributed by atoms with E-state index in [4.69, 9.17) is 0 Å². The summed E-state index contributed by atoms with van der Waals surface area (Å²) in [6.07, 6.45) is 1.19. The number of fused-ring (bicyclic) bond motifs is 1. The number of pyridine rings is 1. The monoisotopic (exact) mass is 349 g/mol. The van der Waals surface area contributed by atoms with Crippen LogP contribution in [0.1, 0.15) is 32.1 Å². The molecule has 0 aliphatic heterocycles. The molecule has 0 spiro atoms. The molecule has 1 aliphatic carbocycles. The van der Waals surface area contributed by atoms with Crippen molar-refractivity contribution < 1.29 is 23.5 Å². The molecule has 3 rings (SSSR count). The van der Waals surface area contributed by atoms with Crippen LogP contribution in [0.3, 0.4) is 0 Å². The molecule has 2 aromatic heterocycles. The van der Waals surface area contributed by atoms with Gasteiger partial charge in [-0.15, -0.1) is 0 Å². The highest BCUT2D eigenvalue weighted by molar-refractivity contribution is 7.17. The van der Waals surface area contributed by atoms with Crippen LogP contribution in [-0.2, 0) is 11.2 Å². The molecule has 1 atom stereocenters. The second kappa shape index (κ2) is 6.44. The van der Waals surface area contributed by atoms with Crippen molar-refractivity contribution in [3.8, 4) is 0 Å². The van der Waals surface area contributed by atoms with E-state index in [1.807, 2.05) is 0 Å². The zero-order valence-electron chi connectivity index (χ0n) is 12.5. The van der Waals surface area contributed by atoms with Gasteiger partial charge in [-0.1, -0.05) is 11.3 Å². The summed E-state index contributed by atoms with van der Waals surface area (Å²) in [5, 5.41) is 2.66. The number of carbonyl (C=O) groups is 3. The summed E-state index contributed by atoms with van der Waals surface area (Å²) in [6, 6.07) is 2.39. The molecule has 2 aromatic rings. The van der Waals surface area contributed by atoms with E-state index in [-0.39, 0.29) is 16.5 Å². The molecule has 0 aromatic carbocycles. The van der Waals surface area contributed by atoms with Crippen LogP contribution in [0, 0.1) is 11.9 Å². The number of ketones is 2. The number of nitrogens with zero attached hydrogens (tertiary/aromatic N) is 2. The minimum Gasteiger partial charge on any atom is -0.453 e. The summed E-state index contributed by atoms with van der Waals surface area (Å²) in [5.74, 6) is -2.28. The van der Waals surface area contributed by atoms with Crippen molar-refractivity contribution in [3.63, 3.8) is 0 Å². The van der Waals surface area contributed by atoms with Crippen LogP contribution in [-0.4, -0.2) is 34.7 Å². The average molecular weight is 349 g/mol. The van der Waals surface area contributed by atoms with Gasteiger partial charge in [0, 0.05) is 11.8 Å². The Balaban J connectivity index is 1.82. The summed E-state index contributed by atoms with van der Waals surface area (Å²) < 4.78 is 17.3. The van der Waals surface area contributed by atoms with Gasteiger partial charge in [0.2, 0.25) is 5.95 Å². The van der Waals surface area contributed by atoms with Crippen LogP contribution in [0.25, 0.3) is 0 Å². The van der Waals surface area contributed by atoms with Crippen molar-refractivity contribution in [2.45, 2.75) is 12.8 Å². The van der Waals surface area contributed by atoms with Crippen molar-refractivity contribution in [1.29, 1.82) is 0 Å². The average Bonchev–Trinajstić information content (AvgIpc) is 2.98. The molecule has 0 radical (unpaired) electrons. The number of anilines is 1.